The van der Waals surface area contributed by atoms with Crippen molar-refractivity contribution in [3.05, 3.63) is 59.7 Å². The van der Waals surface area contributed by atoms with Gasteiger partial charge in [0.2, 0.25) is 0 Å². The van der Waals surface area contributed by atoms with Crippen LogP contribution in [-0.4, -0.2) is 18.5 Å². The van der Waals surface area contributed by atoms with Gasteiger partial charge in [-0.3, -0.25) is 4.79 Å². The zero-order valence-electron chi connectivity index (χ0n) is 12.2. The Hall–Kier alpha value is -2.15. The van der Waals surface area contributed by atoms with Crippen molar-refractivity contribution in [3.8, 4) is 5.75 Å². The summed E-state index contributed by atoms with van der Waals surface area (Å²) in [6.07, 6.45) is 0. The quantitative estimate of drug-likeness (QED) is 0.827. The van der Waals surface area contributed by atoms with E-state index in [1.54, 1.807) is 6.07 Å². The molecule has 122 valence electrons. The fourth-order valence-corrected chi connectivity index (χ4v) is 2.47. The summed E-state index contributed by atoms with van der Waals surface area (Å²) in [4.78, 5) is 12.1. The van der Waals surface area contributed by atoms with Crippen molar-refractivity contribution in [2.24, 2.45) is 0 Å². The molecule has 0 aliphatic carbocycles. The molecule has 0 radical (unpaired) electrons. The van der Waals surface area contributed by atoms with Gasteiger partial charge in [-0.25, -0.2) is 0 Å². The lowest BCUT2D eigenvalue weighted by molar-refractivity contribution is -0.0328. The Labute approximate surface area is 135 Å². The summed E-state index contributed by atoms with van der Waals surface area (Å²) in [6, 6.07) is 12.5. The number of thioether (sulfide) groups is 1. The number of hydrogen-bond donors (Lipinski definition) is 1. The van der Waals surface area contributed by atoms with E-state index in [9.17, 15) is 18.0 Å². The number of nitrogens with one attached hydrogen (secondary N) is 1. The van der Waals surface area contributed by atoms with E-state index in [0.717, 1.165) is 5.56 Å². The molecule has 0 unspecified atom stereocenters. The molecule has 2 rings (SSSR count). The van der Waals surface area contributed by atoms with Crippen molar-refractivity contribution in [1.82, 2.24) is 5.32 Å². The molecule has 2 aromatic carbocycles. The molecule has 0 saturated heterocycles. The molecule has 2 aromatic rings. The van der Waals surface area contributed by atoms with E-state index in [1.165, 1.54) is 31.4 Å². The van der Waals surface area contributed by atoms with Gasteiger partial charge in [-0.15, -0.1) is 0 Å². The van der Waals surface area contributed by atoms with Crippen LogP contribution < -0.4 is 10.1 Å². The number of carbonyl (C=O) groups excluding carboxylic acids is 1. The number of rotatable bonds is 5. The van der Waals surface area contributed by atoms with Crippen molar-refractivity contribution in [1.29, 1.82) is 0 Å². The summed E-state index contributed by atoms with van der Waals surface area (Å²) < 4.78 is 41.9. The fourth-order valence-electron chi connectivity index (χ4n) is 1.93. The first kappa shape index (κ1) is 17.2. The zero-order valence-corrected chi connectivity index (χ0v) is 13.0. The van der Waals surface area contributed by atoms with Crippen molar-refractivity contribution in [3.63, 3.8) is 0 Å². The van der Waals surface area contributed by atoms with Crippen molar-refractivity contribution in [2.75, 3.05) is 7.11 Å². The molecule has 0 heterocycles. The molecule has 1 N–H and O–H groups in total. The number of hydrogen-bond acceptors (Lipinski definition) is 3. The summed E-state index contributed by atoms with van der Waals surface area (Å²) in [6.45, 7) is 0.266. The first-order valence-electron chi connectivity index (χ1n) is 6.65. The predicted molar refractivity (Wildman–Crippen MR) is 82.5 cm³/mol. The van der Waals surface area contributed by atoms with Crippen LogP contribution in [0.1, 0.15) is 15.9 Å². The van der Waals surface area contributed by atoms with Crippen LogP contribution in [0.2, 0.25) is 0 Å². The van der Waals surface area contributed by atoms with Gasteiger partial charge in [0.25, 0.3) is 5.91 Å². The Bertz CT molecular complexity index is 672. The van der Waals surface area contributed by atoms with Crippen LogP contribution in [0.15, 0.2) is 53.4 Å². The minimum atomic E-state index is -4.34. The lowest BCUT2D eigenvalue weighted by Gasteiger charge is -2.10. The molecular weight excluding hydrogens is 327 g/mol. The van der Waals surface area contributed by atoms with Crippen LogP contribution in [0.3, 0.4) is 0 Å². The number of halogens is 3. The second-order valence-electron chi connectivity index (χ2n) is 4.57. The second kappa shape index (κ2) is 7.41. The molecule has 1 amide bonds. The SMILES string of the molecule is COc1ccccc1CNC(=O)c1ccc(SC(F)(F)F)cc1. The highest BCUT2D eigenvalue weighted by Gasteiger charge is 2.29. The number of ether oxygens (including phenoxy) is 1. The van der Waals surface area contributed by atoms with E-state index >= 15 is 0 Å². The maximum atomic E-state index is 12.3. The summed E-state index contributed by atoms with van der Waals surface area (Å²) in [7, 11) is 1.54. The molecule has 0 fully saturated rings. The van der Waals surface area contributed by atoms with Crippen LogP contribution in [-0.2, 0) is 6.54 Å². The van der Waals surface area contributed by atoms with Crippen molar-refractivity contribution in [2.45, 2.75) is 16.9 Å². The smallest absolute Gasteiger partial charge is 0.446 e. The van der Waals surface area contributed by atoms with Crippen LogP contribution in [0.5, 0.6) is 5.75 Å². The first-order valence-corrected chi connectivity index (χ1v) is 7.46. The van der Waals surface area contributed by atoms with E-state index in [4.69, 9.17) is 4.74 Å². The van der Waals surface area contributed by atoms with Crippen molar-refractivity contribution < 1.29 is 22.7 Å². The highest BCUT2D eigenvalue weighted by Crippen LogP contribution is 2.36. The monoisotopic (exact) mass is 341 g/mol. The summed E-state index contributed by atoms with van der Waals surface area (Å²) in [5, 5.41) is 2.71. The topological polar surface area (TPSA) is 38.3 Å². The van der Waals surface area contributed by atoms with E-state index in [-0.39, 0.29) is 29.1 Å². The van der Waals surface area contributed by atoms with Gasteiger partial charge >= 0.3 is 5.51 Å². The maximum absolute atomic E-state index is 12.3. The fraction of sp³-hybridized carbons (Fsp3) is 0.188. The van der Waals surface area contributed by atoms with Crippen LogP contribution in [0, 0.1) is 0 Å². The zero-order chi connectivity index (χ0) is 16.9. The number of alkyl halides is 3. The number of carbonyl (C=O) groups is 1. The van der Waals surface area contributed by atoms with Crippen LogP contribution in [0.25, 0.3) is 0 Å². The molecule has 0 saturated carbocycles. The maximum Gasteiger partial charge on any atom is 0.446 e. The van der Waals surface area contributed by atoms with Gasteiger partial charge in [0.15, 0.2) is 0 Å². The summed E-state index contributed by atoms with van der Waals surface area (Å²) in [5.41, 5.74) is -3.23. The molecule has 0 atom stereocenters. The largest absolute Gasteiger partial charge is 0.496 e. The number of para-hydroxylation sites is 1. The van der Waals surface area contributed by atoms with Crippen LogP contribution in [0.4, 0.5) is 13.2 Å². The molecule has 0 spiro atoms. The standard InChI is InChI=1S/C16H14F3NO2S/c1-22-14-5-3-2-4-12(14)10-20-15(21)11-6-8-13(9-7-11)23-16(17,18)19/h2-9H,10H2,1H3,(H,20,21). The molecule has 0 aliphatic heterocycles. The highest BCUT2D eigenvalue weighted by atomic mass is 32.2. The molecule has 7 heteroatoms. The summed E-state index contributed by atoms with van der Waals surface area (Å²) >= 11 is -0.212. The Morgan fingerprint density at radius 1 is 1.13 bits per heavy atom. The van der Waals surface area contributed by atoms with E-state index in [1.807, 2.05) is 18.2 Å². The van der Waals surface area contributed by atoms with E-state index in [2.05, 4.69) is 5.32 Å². The molecule has 3 nitrogen and oxygen atoms in total. The third kappa shape index (κ3) is 5.21. The molecule has 0 bridgehead atoms. The lowest BCUT2D eigenvalue weighted by atomic mass is 10.2. The average molecular weight is 341 g/mol. The third-order valence-electron chi connectivity index (χ3n) is 2.98. The average Bonchev–Trinajstić information content (AvgIpc) is 2.52. The van der Waals surface area contributed by atoms with Gasteiger partial charge in [-0.05, 0) is 42.1 Å². The molecular formula is C16H14F3NO2S. The van der Waals surface area contributed by atoms with E-state index in [0.29, 0.717) is 11.3 Å². The van der Waals surface area contributed by atoms with Gasteiger partial charge < -0.3 is 10.1 Å². The Morgan fingerprint density at radius 2 is 1.78 bits per heavy atom. The number of methoxy groups -OCH3 is 1. The summed E-state index contributed by atoms with van der Waals surface area (Å²) in [5.74, 6) is 0.296. The van der Waals surface area contributed by atoms with Gasteiger partial charge in [0.05, 0.1) is 7.11 Å². The van der Waals surface area contributed by atoms with E-state index < -0.39 is 5.51 Å². The highest BCUT2D eigenvalue weighted by molar-refractivity contribution is 8.00. The first-order chi connectivity index (χ1) is 10.9. The van der Waals surface area contributed by atoms with Crippen LogP contribution >= 0.6 is 11.8 Å². The van der Waals surface area contributed by atoms with Gasteiger partial charge in [0.1, 0.15) is 5.75 Å². The Balaban J connectivity index is 1.98. The third-order valence-corrected chi connectivity index (χ3v) is 3.72. The second-order valence-corrected chi connectivity index (χ2v) is 5.71. The number of benzene rings is 2. The molecule has 0 aromatic heterocycles. The number of amides is 1. The van der Waals surface area contributed by atoms with Gasteiger partial charge in [0, 0.05) is 22.6 Å². The van der Waals surface area contributed by atoms with Gasteiger partial charge in [-0.2, -0.15) is 13.2 Å². The Morgan fingerprint density at radius 3 is 2.39 bits per heavy atom. The minimum Gasteiger partial charge on any atom is -0.496 e. The molecule has 0 aliphatic rings. The predicted octanol–water partition coefficient (Wildman–Crippen LogP) is 4.24. The minimum absolute atomic E-state index is 0.0405. The molecule has 23 heavy (non-hydrogen) atoms. The lowest BCUT2D eigenvalue weighted by Crippen LogP contribution is -2.23. The normalized spacial score (nSPS) is 11.1. The Kier molecular flexibility index (Phi) is 5.54. The van der Waals surface area contributed by atoms with Crippen molar-refractivity contribution >= 4 is 17.7 Å². The van der Waals surface area contributed by atoms with Gasteiger partial charge in [-0.1, -0.05) is 18.2 Å².